The first-order valence-electron chi connectivity index (χ1n) is 8.03. The van der Waals surface area contributed by atoms with Crippen molar-refractivity contribution in [3.63, 3.8) is 0 Å². The molecule has 0 saturated carbocycles. The highest BCUT2D eigenvalue weighted by atomic mass is 32.1. The van der Waals surface area contributed by atoms with E-state index in [0.29, 0.717) is 6.54 Å². The minimum Gasteiger partial charge on any atom is -0.357 e. The van der Waals surface area contributed by atoms with Gasteiger partial charge in [0.2, 0.25) is 0 Å². The number of rotatable bonds is 5. The van der Waals surface area contributed by atoms with Crippen molar-refractivity contribution >= 4 is 22.9 Å². The molecule has 2 aliphatic rings. The lowest BCUT2D eigenvalue weighted by Crippen LogP contribution is -2.59. The van der Waals surface area contributed by atoms with E-state index in [2.05, 4.69) is 40.5 Å². The molecular formula is C16H21N5O2S. The maximum absolute atomic E-state index is 10.8. The highest BCUT2D eigenvalue weighted by Gasteiger charge is 2.38. The Kier molecular flexibility index (Phi) is 4.68. The van der Waals surface area contributed by atoms with Crippen LogP contribution in [0.25, 0.3) is 0 Å². The number of nitrogens with one attached hydrogen (secondary N) is 1. The molecule has 1 aromatic rings. The number of thiocarbonyl (C=S) groups is 1. The minimum atomic E-state index is -0.373. The molecule has 3 rings (SSSR count). The number of non-ortho nitro benzene ring substituents is 1. The van der Waals surface area contributed by atoms with Crippen LogP contribution in [-0.2, 0) is 6.42 Å². The second kappa shape index (κ2) is 6.74. The third-order valence-corrected chi connectivity index (χ3v) is 4.49. The Morgan fingerprint density at radius 3 is 2.71 bits per heavy atom. The van der Waals surface area contributed by atoms with Crippen molar-refractivity contribution in [3.05, 3.63) is 51.8 Å². The first-order chi connectivity index (χ1) is 11.5. The zero-order valence-corrected chi connectivity index (χ0v) is 14.6. The summed E-state index contributed by atoms with van der Waals surface area (Å²) in [7, 11) is 0. The van der Waals surface area contributed by atoms with Crippen LogP contribution in [0.4, 0.5) is 5.69 Å². The molecule has 2 aliphatic heterocycles. The van der Waals surface area contributed by atoms with Gasteiger partial charge in [-0.2, -0.15) is 0 Å². The molecular weight excluding hydrogens is 326 g/mol. The Hall–Kier alpha value is -2.19. The smallest absolute Gasteiger partial charge is 0.269 e. The van der Waals surface area contributed by atoms with Gasteiger partial charge in [-0.15, -0.1) is 5.12 Å². The molecule has 1 aromatic carbocycles. The number of fused-ring (bicyclic) bond motifs is 1. The molecule has 1 unspecified atom stereocenters. The van der Waals surface area contributed by atoms with Gasteiger partial charge in [-0.25, -0.2) is 0 Å². The predicted molar refractivity (Wildman–Crippen MR) is 95.6 cm³/mol. The van der Waals surface area contributed by atoms with Crippen molar-refractivity contribution in [2.24, 2.45) is 0 Å². The quantitative estimate of drug-likeness (QED) is 0.498. The summed E-state index contributed by atoms with van der Waals surface area (Å²) in [5, 5.41) is 15.0. The van der Waals surface area contributed by atoms with Crippen LogP contribution >= 0.6 is 12.2 Å². The Labute approximate surface area is 146 Å². The molecule has 24 heavy (non-hydrogen) atoms. The van der Waals surface area contributed by atoms with Gasteiger partial charge < -0.3 is 4.90 Å². The Bertz CT molecular complexity index is 676. The van der Waals surface area contributed by atoms with Gasteiger partial charge in [0.15, 0.2) is 0 Å². The molecule has 0 radical (unpaired) electrons. The van der Waals surface area contributed by atoms with Gasteiger partial charge in [0, 0.05) is 37.0 Å². The average molecular weight is 347 g/mol. The van der Waals surface area contributed by atoms with E-state index in [1.54, 1.807) is 12.1 Å². The number of nitro groups is 1. The van der Waals surface area contributed by atoms with Crippen LogP contribution in [-0.4, -0.2) is 44.2 Å². The van der Waals surface area contributed by atoms with E-state index >= 15 is 0 Å². The molecule has 8 heteroatoms. The number of allylic oxidation sites excluding steroid dienone is 1. The van der Waals surface area contributed by atoms with Gasteiger partial charge >= 0.3 is 0 Å². The summed E-state index contributed by atoms with van der Waals surface area (Å²) >= 11 is 5.34. The van der Waals surface area contributed by atoms with E-state index in [4.69, 9.17) is 12.2 Å². The number of benzene rings is 1. The molecule has 2 heterocycles. The molecule has 0 aromatic heterocycles. The van der Waals surface area contributed by atoms with Crippen molar-refractivity contribution < 1.29 is 4.92 Å². The fraction of sp³-hybridized carbons (Fsp3) is 0.438. The van der Waals surface area contributed by atoms with Crippen LogP contribution in [0.2, 0.25) is 0 Å². The van der Waals surface area contributed by atoms with Crippen LogP contribution in [0.5, 0.6) is 0 Å². The summed E-state index contributed by atoms with van der Waals surface area (Å²) in [6, 6.07) is 6.77. The molecule has 1 atom stereocenters. The van der Waals surface area contributed by atoms with Crippen LogP contribution in [0.3, 0.4) is 0 Å². The summed E-state index contributed by atoms with van der Waals surface area (Å²) in [5.41, 5.74) is 5.59. The minimum absolute atomic E-state index is 0.0792. The molecule has 0 bridgehead atoms. The van der Waals surface area contributed by atoms with Gasteiger partial charge in [-0.1, -0.05) is 31.3 Å². The van der Waals surface area contributed by atoms with Crippen LogP contribution in [0.15, 0.2) is 36.2 Å². The van der Waals surface area contributed by atoms with Crippen molar-refractivity contribution in [2.75, 3.05) is 13.1 Å². The molecule has 0 aliphatic carbocycles. The number of nitro benzene ring substituents is 1. The first kappa shape index (κ1) is 16.7. The predicted octanol–water partition coefficient (Wildman–Crippen LogP) is 2.41. The van der Waals surface area contributed by atoms with Gasteiger partial charge in [0.05, 0.1) is 11.5 Å². The Morgan fingerprint density at radius 2 is 2.08 bits per heavy atom. The third kappa shape index (κ3) is 3.20. The molecule has 0 spiro atoms. The monoisotopic (exact) mass is 347 g/mol. The highest BCUT2D eigenvalue weighted by molar-refractivity contribution is 7.80. The lowest BCUT2D eigenvalue weighted by atomic mass is 10.1. The molecule has 7 nitrogen and oxygen atoms in total. The van der Waals surface area contributed by atoms with Crippen molar-refractivity contribution in [1.29, 1.82) is 0 Å². The SMILES string of the molecule is CCCN1C=C(C)N2CC(=S)NN2C1Cc1ccc([N+](=O)[O-])cc1. The van der Waals surface area contributed by atoms with Crippen molar-refractivity contribution in [3.8, 4) is 0 Å². The summed E-state index contributed by atoms with van der Waals surface area (Å²) in [6.45, 7) is 5.86. The highest BCUT2D eigenvalue weighted by Crippen LogP contribution is 2.26. The van der Waals surface area contributed by atoms with Gasteiger partial charge in [-0.05, 0) is 18.9 Å². The topological polar surface area (TPSA) is 64.9 Å². The molecule has 128 valence electrons. The lowest BCUT2D eigenvalue weighted by molar-refractivity contribution is -0.384. The lowest BCUT2D eigenvalue weighted by Gasteiger charge is -2.45. The van der Waals surface area contributed by atoms with Crippen LogP contribution in [0.1, 0.15) is 25.8 Å². The second-order valence-corrected chi connectivity index (χ2v) is 6.55. The maximum atomic E-state index is 10.8. The van der Waals surface area contributed by atoms with E-state index in [1.807, 2.05) is 12.1 Å². The van der Waals surface area contributed by atoms with E-state index in [9.17, 15) is 10.1 Å². The summed E-state index contributed by atoms with van der Waals surface area (Å²) < 4.78 is 0. The average Bonchev–Trinajstić information content (AvgIpc) is 2.94. The van der Waals surface area contributed by atoms with Crippen molar-refractivity contribution in [1.82, 2.24) is 20.5 Å². The zero-order chi connectivity index (χ0) is 17.3. The van der Waals surface area contributed by atoms with Crippen LogP contribution in [0, 0.1) is 10.1 Å². The van der Waals surface area contributed by atoms with Crippen LogP contribution < -0.4 is 5.43 Å². The molecule has 0 amide bonds. The summed E-state index contributed by atoms with van der Waals surface area (Å²) in [4.78, 5) is 13.5. The van der Waals surface area contributed by atoms with E-state index < -0.39 is 0 Å². The van der Waals surface area contributed by atoms with Crippen molar-refractivity contribution in [2.45, 2.75) is 32.9 Å². The van der Waals surface area contributed by atoms with E-state index in [1.165, 1.54) is 0 Å². The third-order valence-electron chi connectivity index (χ3n) is 4.26. The summed E-state index contributed by atoms with van der Waals surface area (Å²) in [5.74, 6) is 0. The van der Waals surface area contributed by atoms with Gasteiger partial charge in [0.1, 0.15) is 11.2 Å². The van der Waals surface area contributed by atoms with E-state index in [-0.39, 0.29) is 16.8 Å². The Morgan fingerprint density at radius 1 is 1.38 bits per heavy atom. The summed E-state index contributed by atoms with van der Waals surface area (Å²) in [6.07, 6.45) is 4.04. The number of hydrazine groups is 2. The fourth-order valence-electron chi connectivity index (χ4n) is 3.14. The number of hydrogen-bond acceptors (Lipinski definition) is 6. The first-order valence-corrected chi connectivity index (χ1v) is 8.44. The van der Waals surface area contributed by atoms with Gasteiger partial charge in [-0.3, -0.25) is 20.5 Å². The molecule has 1 saturated heterocycles. The van der Waals surface area contributed by atoms with Gasteiger partial charge in [0.25, 0.3) is 5.69 Å². The van der Waals surface area contributed by atoms with E-state index in [0.717, 1.165) is 35.6 Å². The molecule has 1 fully saturated rings. The number of nitrogens with zero attached hydrogens (tertiary/aromatic N) is 4. The maximum Gasteiger partial charge on any atom is 0.269 e. The Balaban J connectivity index is 1.85. The second-order valence-electron chi connectivity index (χ2n) is 6.05. The fourth-order valence-corrected chi connectivity index (χ4v) is 3.35. The largest absolute Gasteiger partial charge is 0.357 e. The number of hydrogen-bond donors (Lipinski definition) is 1. The standard InChI is InChI=1S/C16H21N5O2S/c1-3-8-18-10-12(2)19-11-15(24)17-20(19)16(18)9-13-4-6-14(7-5-13)21(22)23/h4-7,10,16H,3,8-9,11H2,1-2H3,(H,17,24). The normalized spacial score (nSPS) is 20.7. The zero-order valence-electron chi connectivity index (χ0n) is 13.8. The molecule has 1 N–H and O–H groups in total.